The SMILES string of the molecule is Oc1ccc(F)cc1CNc1c(Cl)cc(F)cc1Br. The van der Waals surface area contributed by atoms with Gasteiger partial charge in [0.15, 0.2) is 0 Å². The van der Waals surface area contributed by atoms with Crippen molar-refractivity contribution in [2.24, 2.45) is 0 Å². The van der Waals surface area contributed by atoms with Crippen LogP contribution in [0.3, 0.4) is 0 Å². The van der Waals surface area contributed by atoms with Crippen molar-refractivity contribution in [1.82, 2.24) is 0 Å². The average molecular weight is 349 g/mol. The second-order valence-corrected chi connectivity index (χ2v) is 5.13. The van der Waals surface area contributed by atoms with Gasteiger partial charge < -0.3 is 10.4 Å². The van der Waals surface area contributed by atoms with Gasteiger partial charge in [-0.3, -0.25) is 0 Å². The molecule has 2 nitrogen and oxygen atoms in total. The molecule has 19 heavy (non-hydrogen) atoms. The molecule has 0 heterocycles. The van der Waals surface area contributed by atoms with Gasteiger partial charge in [0.05, 0.1) is 10.7 Å². The summed E-state index contributed by atoms with van der Waals surface area (Å²) >= 11 is 9.08. The van der Waals surface area contributed by atoms with E-state index in [1.165, 1.54) is 30.3 Å². The highest BCUT2D eigenvalue weighted by molar-refractivity contribution is 9.10. The van der Waals surface area contributed by atoms with Gasteiger partial charge in [-0.2, -0.15) is 0 Å². The zero-order chi connectivity index (χ0) is 14.0. The molecule has 0 aliphatic heterocycles. The van der Waals surface area contributed by atoms with E-state index in [1.807, 2.05) is 0 Å². The topological polar surface area (TPSA) is 32.3 Å². The Morgan fingerprint density at radius 1 is 1.16 bits per heavy atom. The molecule has 2 rings (SSSR count). The van der Waals surface area contributed by atoms with Crippen LogP contribution in [0, 0.1) is 11.6 Å². The zero-order valence-electron chi connectivity index (χ0n) is 9.55. The monoisotopic (exact) mass is 347 g/mol. The largest absolute Gasteiger partial charge is 0.508 e. The van der Waals surface area contributed by atoms with Crippen LogP contribution in [0.2, 0.25) is 5.02 Å². The maximum Gasteiger partial charge on any atom is 0.125 e. The lowest BCUT2D eigenvalue weighted by atomic mass is 10.2. The van der Waals surface area contributed by atoms with E-state index in [9.17, 15) is 13.9 Å². The number of benzene rings is 2. The molecule has 0 amide bonds. The third kappa shape index (κ3) is 3.36. The van der Waals surface area contributed by atoms with Gasteiger partial charge in [0.1, 0.15) is 17.4 Å². The van der Waals surface area contributed by atoms with E-state index in [4.69, 9.17) is 11.6 Å². The molecule has 2 N–H and O–H groups in total. The lowest BCUT2D eigenvalue weighted by Crippen LogP contribution is -2.02. The Morgan fingerprint density at radius 3 is 2.58 bits per heavy atom. The van der Waals surface area contributed by atoms with Gasteiger partial charge in [-0.15, -0.1) is 0 Å². The number of aromatic hydroxyl groups is 1. The van der Waals surface area contributed by atoms with Crippen LogP contribution in [0.15, 0.2) is 34.8 Å². The molecule has 0 unspecified atom stereocenters. The van der Waals surface area contributed by atoms with Crippen molar-refractivity contribution in [3.05, 3.63) is 57.0 Å². The number of rotatable bonds is 3. The Hall–Kier alpha value is -1.33. The predicted octanol–water partition coefficient (Wildman–Crippen LogP) is 4.70. The van der Waals surface area contributed by atoms with E-state index in [0.717, 1.165) is 0 Å². The van der Waals surface area contributed by atoms with E-state index in [0.29, 0.717) is 15.7 Å². The van der Waals surface area contributed by atoms with Gasteiger partial charge in [-0.25, -0.2) is 8.78 Å². The number of phenols is 1. The first-order valence-electron chi connectivity index (χ1n) is 5.33. The Morgan fingerprint density at radius 2 is 1.89 bits per heavy atom. The molecule has 0 radical (unpaired) electrons. The van der Waals surface area contributed by atoms with Gasteiger partial charge in [0, 0.05) is 16.6 Å². The van der Waals surface area contributed by atoms with Crippen molar-refractivity contribution < 1.29 is 13.9 Å². The highest BCUT2D eigenvalue weighted by Crippen LogP contribution is 2.32. The molecule has 0 bridgehead atoms. The first-order valence-corrected chi connectivity index (χ1v) is 6.50. The fourth-order valence-electron chi connectivity index (χ4n) is 1.59. The summed E-state index contributed by atoms with van der Waals surface area (Å²) in [6.45, 7) is 0.160. The number of halogens is 4. The van der Waals surface area contributed by atoms with Gasteiger partial charge in [0.25, 0.3) is 0 Å². The van der Waals surface area contributed by atoms with Crippen LogP contribution >= 0.6 is 27.5 Å². The summed E-state index contributed by atoms with van der Waals surface area (Å²) in [5, 5.41) is 12.7. The van der Waals surface area contributed by atoms with Crippen LogP contribution in [0.1, 0.15) is 5.56 Å². The van der Waals surface area contributed by atoms with Crippen LogP contribution in [-0.2, 0) is 6.54 Å². The van der Waals surface area contributed by atoms with Crippen LogP contribution in [0.25, 0.3) is 0 Å². The highest BCUT2D eigenvalue weighted by Gasteiger charge is 2.09. The minimum Gasteiger partial charge on any atom is -0.508 e. The number of hydrogen-bond acceptors (Lipinski definition) is 2. The number of nitrogens with one attached hydrogen (secondary N) is 1. The normalized spacial score (nSPS) is 10.5. The fourth-order valence-corrected chi connectivity index (χ4v) is 2.55. The summed E-state index contributed by atoms with van der Waals surface area (Å²) in [6.07, 6.45) is 0. The molecule has 0 aliphatic rings. The summed E-state index contributed by atoms with van der Waals surface area (Å²) in [5.74, 6) is -0.932. The molecular weight excluding hydrogens is 340 g/mol. The average Bonchev–Trinajstić information content (AvgIpc) is 2.32. The molecule has 0 aromatic heterocycles. The molecule has 100 valence electrons. The quantitative estimate of drug-likeness (QED) is 0.843. The molecule has 0 fully saturated rings. The molecule has 0 spiro atoms. The number of phenolic OH excluding ortho intramolecular Hbond substituents is 1. The van der Waals surface area contributed by atoms with Crippen molar-refractivity contribution in [3.8, 4) is 5.75 Å². The van der Waals surface area contributed by atoms with Gasteiger partial charge in [0.2, 0.25) is 0 Å². The Bertz CT molecular complexity index is 599. The first kappa shape index (κ1) is 14.1. The van der Waals surface area contributed by atoms with E-state index in [1.54, 1.807) is 0 Å². The molecule has 0 atom stereocenters. The van der Waals surface area contributed by atoms with Crippen molar-refractivity contribution in [2.45, 2.75) is 6.54 Å². The third-order valence-electron chi connectivity index (χ3n) is 2.50. The minimum atomic E-state index is -0.462. The highest BCUT2D eigenvalue weighted by atomic mass is 79.9. The second-order valence-electron chi connectivity index (χ2n) is 3.87. The van der Waals surface area contributed by atoms with Crippen LogP contribution < -0.4 is 5.32 Å². The van der Waals surface area contributed by atoms with Crippen molar-refractivity contribution in [2.75, 3.05) is 5.32 Å². The standard InChI is InChI=1S/C13H9BrClF2NO/c14-10-4-9(17)5-11(15)13(10)18-6-7-3-8(16)1-2-12(7)19/h1-5,18-19H,6H2. The minimum absolute atomic E-state index is 0.0248. The summed E-state index contributed by atoms with van der Waals surface area (Å²) in [5.41, 5.74) is 0.860. The lowest BCUT2D eigenvalue weighted by molar-refractivity contribution is 0.466. The summed E-state index contributed by atoms with van der Waals surface area (Å²) in [7, 11) is 0. The Kier molecular flexibility index (Phi) is 4.27. The van der Waals surface area contributed by atoms with E-state index in [-0.39, 0.29) is 17.3 Å². The zero-order valence-corrected chi connectivity index (χ0v) is 11.9. The van der Waals surface area contributed by atoms with E-state index < -0.39 is 11.6 Å². The van der Waals surface area contributed by atoms with Crippen LogP contribution in [0.4, 0.5) is 14.5 Å². The first-order chi connectivity index (χ1) is 8.97. The molecule has 0 saturated carbocycles. The van der Waals surface area contributed by atoms with Crippen molar-refractivity contribution in [3.63, 3.8) is 0 Å². The van der Waals surface area contributed by atoms with Crippen LogP contribution in [0.5, 0.6) is 5.75 Å². The summed E-state index contributed by atoms with van der Waals surface area (Å²) < 4.78 is 26.6. The molecule has 0 saturated heterocycles. The van der Waals surface area contributed by atoms with Crippen molar-refractivity contribution in [1.29, 1.82) is 0 Å². The molecule has 2 aromatic rings. The summed E-state index contributed by atoms with van der Waals surface area (Å²) in [6, 6.07) is 6.08. The maximum absolute atomic E-state index is 13.1. The molecule has 6 heteroatoms. The van der Waals surface area contributed by atoms with E-state index in [2.05, 4.69) is 21.2 Å². The predicted molar refractivity (Wildman–Crippen MR) is 74.5 cm³/mol. The number of anilines is 1. The third-order valence-corrected chi connectivity index (χ3v) is 3.43. The Labute approximate surface area is 122 Å². The fraction of sp³-hybridized carbons (Fsp3) is 0.0769. The molecular formula is C13H9BrClF2NO. The second kappa shape index (κ2) is 5.75. The van der Waals surface area contributed by atoms with Crippen LogP contribution in [-0.4, -0.2) is 5.11 Å². The summed E-state index contributed by atoms with van der Waals surface area (Å²) in [4.78, 5) is 0. The van der Waals surface area contributed by atoms with Gasteiger partial charge >= 0.3 is 0 Å². The van der Waals surface area contributed by atoms with Gasteiger partial charge in [-0.1, -0.05) is 11.6 Å². The lowest BCUT2D eigenvalue weighted by Gasteiger charge is -2.12. The molecule has 2 aromatic carbocycles. The van der Waals surface area contributed by atoms with Gasteiger partial charge in [-0.05, 0) is 46.3 Å². The molecule has 0 aliphatic carbocycles. The van der Waals surface area contributed by atoms with Crippen molar-refractivity contribution >= 4 is 33.2 Å². The van der Waals surface area contributed by atoms with E-state index >= 15 is 0 Å². The maximum atomic E-state index is 13.1. The smallest absolute Gasteiger partial charge is 0.125 e. The Balaban J connectivity index is 2.21. The number of hydrogen-bond donors (Lipinski definition) is 2.